The Hall–Kier alpha value is -2.41. The first-order valence-electron chi connectivity index (χ1n) is 7.65. The average molecular weight is 348 g/mol. The first-order valence-corrected chi connectivity index (χ1v) is 8.53. The van der Waals surface area contributed by atoms with Crippen molar-refractivity contribution in [2.24, 2.45) is 4.99 Å². The highest BCUT2D eigenvalue weighted by Gasteiger charge is 2.03. The number of halogens is 1. The van der Waals surface area contributed by atoms with Crippen molar-refractivity contribution in [3.63, 3.8) is 0 Å². The zero-order valence-corrected chi connectivity index (χ0v) is 14.3. The second-order valence-electron chi connectivity index (χ2n) is 5.09. The highest BCUT2D eigenvalue weighted by atomic mass is 32.1. The quantitative estimate of drug-likeness (QED) is 0.407. The molecule has 1 heterocycles. The maximum Gasteiger partial charge on any atom is 0.224 e. The molecular weight excluding hydrogens is 327 g/mol. The molecule has 7 heteroatoms. The summed E-state index contributed by atoms with van der Waals surface area (Å²) in [5, 5.41) is 11.2. The van der Waals surface area contributed by atoms with Gasteiger partial charge < -0.3 is 16.0 Å². The average Bonchev–Trinajstić information content (AvgIpc) is 3.10. The second kappa shape index (κ2) is 9.67. The second-order valence-corrected chi connectivity index (χ2v) is 6.12. The van der Waals surface area contributed by atoms with Crippen molar-refractivity contribution in [2.45, 2.75) is 13.0 Å². The third kappa shape index (κ3) is 6.37. The molecule has 0 unspecified atom stereocenters. The Morgan fingerprint density at radius 1 is 1.12 bits per heavy atom. The van der Waals surface area contributed by atoms with E-state index >= 15 is 0 Å². The Morgan fingerprint density at radius 3 is 2.54 bits per heavy atom. The number of carbonyl (C=O) groups excluding carboxylic acids is 1. The van der Waals surface area contributed by atoms with Gasteiger partial charge in [-0.1, -0.05) is 18.2 Å². The standard InChI is InChI=1S/C17H21FN4OS/c1-19-17(22-12-15-3-2-10-24-15)21-9-8-20-16(23)11-13-4-6-14(18)7-5-13/h2-7,10H,8-9,11-12H2,1H3,(H,20,23)(H2,19,21,22). The van der Waals surface area contributed by atoms with Crippen LogP contribution in [-0.4, -0.2) is 32.0 Å². The lowest BCUT2D eigenvalue weighted by Gasteiger charge is -2.11. The van der Waals surface area contributed by atoms with Gasteiger partial charge in [-0.25, -0.2) is 4.39 Å². The minimum absolute atomic E-state index is 0.0926. The van der Waals surface area contributed by atoms with E-state index < -0.39 is 0 Å². The number of nitrogens with one attached hydrogen (secondary N) is 3. The van der Waals surface area contributed by atoms with Gasteiger partial charge >= 0.3 is 0 Å². The summed E-state index contributed by atoms with van der Waals surface area (Å²) in [6, 6.07) is 10.0. The fourth-order valence-electron chi connectivity index (χ4n) is 2.04. The van der Waals surface area contributed by atoms with Gasteiger partial charge in [0.2, 0.25) is 5.91 Å². The van der Waals surface area contributed by atoms with Crippen molar-refractivity contribution in [3.8, 4) is 0 Å². The summed E-state index contributed by atoms with van der Waals surface area (Å²) in [6.07, 6.45) is 0.242. The maximum absolute atomic E-state index is 12.8. The fraction of sp³-hybridized carbons (Fsp3) is 0.294. The lowest BCUT2D eigenvalue weighted by atomic mass is 10.1. The molecule has 0 atom stereocenters. The molecule has 0 saturated heterocycles. The summed E-state index contributed by atoms with van der Waals surface area (Å²) < 4.78 is 12.8. The van der Waals surface area contributed by atoms with E-state index in [1.165, 1.54) is 17.0 Å². The molecule has 1 aromatic heterocycles. The van der Waals surface area contributed by atoms with E-state index in [2.05, 4.69) is 27.0 Å². The Labute approximate surface area is 145 Å². The maximum atomic E-state index is 12.8. The van der Waals surface area contributed by atoms with Crippen molar-refractivity contribution in [2.75, 3.05) is 20.1 Å². The molecule has 5 nitrogen and oxygen atoms in total. The first-order chi connectivity index (χ1) is 11.7. The van der Waals surface area contributed by atoms with Crippen LogP contribution >= 0.6 is 11.3 Å². The molecule has 128 valence electrons. The highest BCUT2D eigenvalue weighted by molar-refractivity contribution is 7.09. The zero-order valence-electron chi connectivity index (χ0n) is 13.5. The van der Waals surface area contributed by atoms with E-state index in [-0.39, 0.29) is 18.1 Å². The number of hydrogen-bond donors (Lipinski definition) is 3. The predicted octanol–water partition coefficient (Wildman–Crippen LogP) is 1.91. The molecule has 1 amide bonds. The van der Waals surface area contributed by atoms with Crippen molar-refractivity contribution in [1.82, 2.24) is 16.0 Å². The lowest BCUT2D eigenvalue weighted by molar-refractivity contribution is -0.120. The van der Waals surface area contributed by atoms with Crippen LogP contribution in [0.2, 0.25) is 0 Å². The van der Waals surface area contributed by atoms with Crippen LogP contribution in [0.25, 0.3) is 0 Å². The number of aliphatic imine (C=N–C) groups is 1. The van der Waals surface area contributed by atoms with Gasteiger partial charge in [-0.15, -0.1) is 11.3 Å². The van der Waals surface area contributed by atoms with Gasteiger partial charge in [0.15, 0.2) is 5.96 Å². The molecule has 0 aliphatic rings. The van der Waals surface area contributed by atoms with Gasteiger partial charge in [-0.05, 0) is 29.1 Å². The van der Waals surface area contributed by atoms with Crippen LogP contribution in [0, 0.1) is 5.82 Å². The molecule has 3 N–H and O–H groups in total. The normalized spacial score (nSPS) is 11.2. The number of thiophene rings is 1. The number of guanidine groups is 1. The van der Waals surface area contributed by atoms with Crippen LogP contribution in [0.5, 0.6) is 0 Å². The number of carbonyl (C=O) groups is 1. The van der Waals surface area contributed by atoms with Crippen LogP contribution in [-0.2, 0) is 17.8 Å². The van der Waals surface area contributed by atoms with Crippen molar-refractivity contribution >= 4 is 23.2 Å². The third-order valence-electron chi connectivity index (χ3n) is 3.25. The highest BCUT2D eigenvalue weighted by Crippen LogP contribution is 2.07. The van der Waals surface area contributed by atoms with Crippen LogP contribution in [0.15, 0.2) is 46.8 Å². The van der Waals surface area contributed by atoms with E-state index in [4.69, 9.17) is 0 Å². The van der Waals surface area contributed by atoms with Gasteiger partial charge in [0.1, 0.15) is 5.82 Å². The van der Waals surface area contributed by atoms with Crippen LogP contribution in [0.4, 0.5) is 4.39 Å². The molecule has 0 radical (unpaired) electrons. The molecule has 24 heavy (non-hydrogen) atoms. The predicted molar refractivity (Wildman–Crippen MR) is 95.6 cm³/mol. The number of nitrogens with zero attached hydrogens (tertiary/aromatic N) is 1. The third-order valence-corrected chi connectivity index (χ3v) is 4.13. The molecule has 0 aliphatic heterocycles. The summed E-state index contributed by atoms with van der Waals surface area (Å²) in [7, 11) is 1.71. The van der Waals surface area contributed by atoms with E-state index in [9.17, 15) is 9.18 Å². The first kappa shape index (κ1) is 17.9. The number of benzene rings is 1. The minimum atomic E-state index is -0.301. The number of rotatable bonds is 7. The van der Waals surface area contributed by atoms with Gasteiger partial charge in [0.25, 0.3) is 0 Å². The summed E-state index contributed by atoms with van der Waals surface area (Å²) in [5.74, 6) is 0.297. The SMILES string of the molecule is CN=C(NCCNC(=O)Cc1ccc(F)cc1)NCc1cccs1. The van der Waals surface area contributed by atoms with Crippen molar-refractivity contribution < 1.29 is 9.18 Å². The Balaban J connectivity index is 1.62. The molecule has 1 aromatic carbocycles. The summed E-state index contributed by atoms with van der Waals surface area (Å²) in [5.41, 5.74) is 0.787. The molecule has 2 aromatic rings. The van der Waals surface area contributed by atoms with E-state index in [0.717, 1.165) is 5.56 Å². The summed E-state index contributed by atoms with van der Waals surface area (Å²) in [4.78, 5) is 17.2. The van der Waals surface area contributed by atoms with Crippen LogP contribution in [0.1, 0.15) is 10.4 Å². The molecule has 0 spiro atoms. The Kier molecular flexibility index (Phi) is 7.22. The minimum Gasteiger partial charge on any atom is -0.355 e. The lowest BCUT2D eigenvalue weighted by Crippen LogP contribution is -2.41. The molecular formula is C17H21FN4OS. The van der Waals surface area contributed by atoms with E-state index in [1.807, 2.05) is 11.4 Å². The van der Waals surface area contributed by atoms with E-state index in [0.29, 0.717) is 25.6 Å². The molecule has 0 bridgehead atoms. The summed E-state index contributed by atoms with van der Waals surface area (Å²) >= 11 is 1.68. The largest absolute Gasteiger partial charge is 0.355 e. The van der Waals surface area contributed by atoms with Gasteiger partial charge in [-0.3, -0.25) is 9.79 Å². The molecule has 0 aliphatic carbocycles. The van der Waals surface area contributed by atoms with Crippen LogP contribution in [0.3, 0.4) is 0 Å². The smallest absolute Gasteiger partial charge is 0.224 e. The number of amides is 1. The van der Waals surface area contributed by atoms with Crippen molar-refractivity contribution in [3.05, 3.63) is 58.0 Å². The van der Waals surface area contributed by atoms with Crippen LogP contribution < -0.4 is 16.0 Å². The fourth-order valence-corrected chi connectivity index (χ4v) is 2.68. The Bertz CT molecular complexity index is 656. The van der Waals surface area contributed by atoms with Crippen molar-refractivity contribution in [1.29, 1.82) is 0 Å². The molecule has 2 rings (SSSR count). The Morgan fingerprint density at radius 2 is 1.88 bits per heavy atom. The number of hydrogen-bond acceptors (Lipinski definition) is 3. The topological polar surface area (TPSA) is 65.5 Å². The molecule has 0 fully saturated rings. The van der Waals surface area contributed by atoms with E-state index in [1.54, 1.807) is 30.5 Å². The van der Waals surface area contributed by atoms with Gasteiger partial charge in [0.05, 0.1) is 13.0 Å². The zero-order chi connectivity index (χ0) is 17.2. The summed E-state index contributed by atoms with van der Waals surface area (Å²) in [6.45, 7) is 1.77. The van der Waals surface area contributed by atoms with Gasteiger partial charge in [0, 0.05) is 25.0 Å². The molecule has 0 saturated carbocycles. The monoisotopic (exact) mass is 348 g/mol. The van der Waals surface area contributed by atoms with Gasteiger partial charge in [-0.2, -0.15) is 0 Å².